The molecule has 3 rings (SSSR count). The molecule has 0 aromatic heterocycles. The zero-order valence-corrected chi connectivity index (χ0v) is 18.3. The molecule has 6 nitrogen and oxygen atoms in total. The van der Waals surface area contributed by atoms with Gasteiger partial charge >= 0.3 is 0 Å². The SMILES string of the molecule is CCC1(N2CCN(C(=O)Cc3cccc(OC)c3)CC2)CCN(C(=O)C(C)C)C1. The van der Waals surface area contributed by atoms with E-state index in [-0.39, 0.29) is 23.3 Å². The number of carbonyl (C=O) groups excluding carboxylic acids is 2. The van der Waals surface area contributed by atoms with E-state index in [4.69, 9.17) is 4.74 Å². The minimum atomic E-state index is 0.0498. The first kappa shape index (κ1) is 21.6. The van der Waals surface area contributed by atoms with E-state index in [2.05, 4.69) is 11.8 Å². The minimum absolute atomic E-state index is 0.0498. The maximum Gasteiger partial charge on any atom is 0.227 e. The highest BCUT2D eigenvalue weighted by Crippen LogP contribution is 2.33. The molecule has 2 aliphatic rings. The Morgan fingerprint density at radius 1 is 1.10 bits per heavy atom. The number of likely N-dealkylation sites (tertiary alicyclic amines) is 1. The fraction of sp³-hybridized carbons (Fsp3) is 0.652. The first-order chi connectivity index (χ1) is 13.9. The molecule has 0 N–H and O–H groups in total. The fourth-order valence-electron chi connectivity index (χ4n) is 4.68. The van der Waals surface area contributed by atoms with E-state index in [9.17, 15) is 9.59 Å². The highest BCUT2D eigenvalue weighted by atomic mass is 16.5. The molecule has 0 spiro atoms. The number of benzene rings is 1. The van der Waals surface area contributed by atoms with Crippen molar-refractivity contribution < 1.29 is 14.3 Å². The summed E-state index contributed by atoms with van der Waals surface area (Å²) in [5, 5.41) is 0. The topological polar surface area (TPSA) is 53.1 Å². The van der Waals surface area contributed by atoms with E-state index in [1.807, 2.05) is 47.9 Å². The van der Waals surface area contributed by atoms with Crippen LogP contribution in [0.5, 0.6) is 5.75 Å². The van der Waals surface area contributed by atoms with Crippen LogP contribution in [0, 0.1) is 5.92 Å². The monoisotopic (exact) mass is 401 g/mol. The third-order valence-electron chi connectivity index (χ3n) is 6.59. The summed E-state index contributed by atoms with van der Waals surface area (Å²) in [7, 11) is 1.64. The standard InChI is InChI=1S/C23H35N3O3/c1-5-23(9-10-25(17-23)22(28)18(2)3)26-13-11-24(12-14-26)21(27)16-19-7-6-8-20(15-19)29-4/h6-8,15,18H,5,9-14,16-17H2,1-4H3. The van der Waals surface area contributed by atoms with Crippen LogP contribution in [0.25, 0.3) is 0 Å². The van der Waals surface area contributed by atoms with Gasteiger partial charge in [-0.1, -0.05) is 32.9 Å². The third-order valence-corrected chi connectivity index (χ3v) is 6.59. The molecule has 160 valence electrons. The number of rotatable bonds is 6. The van der Waals surface area contributed by atoms with Crippen molar-refractivity contribution in [2.24, 2.45) is 5.92 Å². The Balaban J connectivity index is 1.56. The first-order valence-electron chi connectivity index (χ1n) is 10.8. The summed E-state index contributed by atoms with van der Waals surface area (Å²) in [6, 6.07) is 7.72. The van der Waals surface area contributed by atoms with Gasteiger partial charge in [-0.15, -0.1) is 0 Å². The molecule has 2 amide bonds. The van der Waals surface area contributed by atoms with Crippen LogP contribution >= 0.6 is 0 Å². The highest BCUT2D eigenvalue weighted by molar-refractivity contribution is 5.79. The average Bonchev–Trinajstić information content (AvgIpc) is 3.19. The summed E-state index contributed by atoms with van der Waals surface area (Å²) in [5.41, 5.74) is 1.05. The molecule has 1 unspecified atom stereocenters. The highest BCUT2D eigenvalue weighted by Gasteiger charge is 2.44. The number of ether oxygens (including phenoxy) is 1. The summed E-state index contributed by atoms with van der Waals surface area (Å²) in [6.07, 6.45) is 2.47. The third kappa shape index (κ3) is 4.74. The number of methoxy groups -OCH3 is 1. The maximum atomic E-state index is 12.8. The van der Waals surface area contributed by atoms with Gasteiger partial charge in [-0.3, -0.25) is 14.5 Å². The van der Waals surface area contributed by atoms with Gasteiger partial charge in [0.25, 0.3) is 0 Å². The number of hydrogen-bond donors (Lipinski definition) is 0. The number of hydrogen-bond acceptors (Lipinski definition) is 4. The number of amides is 2. The maximum absolute atomic E-state index is 12.8. The Kier molecular flexibility index (Phi) is 6.83. The lowest BCUT2D eigenvalue weighted by atomic mass is 9.91. The van der Waals surface area contributed by atoms with Crippen LogP contribution in [-0.4, -0.2) is 78.4 Å². The number of nitrogens with zero attached hydrogens (tertiary/aromatic N) is 3. The lowest BCUT2D eigenvalue weighted by Gasteiger charge is -2.45. The van der Waals surface area contributed by atoms with Gasteiger partial charge in [-0.05, 0) is 30.5 Å². The summed E-state index contributed by atoms with van der Waals surface area (Å²) in [6.45, 7) is 11.1. The molecule has 1 aromatic rings. The van der Waals surface area contributed by atoms with Crippen LogP contribution in [0.1, 0.15) is 39.2 Å². The lowest BCUT2D eigenvalue weighted by Crippen LogP contribution is -2.59. The second-order valence-corrected chi connectivity index (χ2v) is 8.64. The second kappa shape index (κ2) is 9.16. The van der Waals surface area contributed by atoms with Crippen molar-refractivity contribution in [2.75, 3.05) is 46.4 Å². The summed E-state index contributed by atoms with van der Waals surface area (Å²) >= 11 is 0. The molecule has 1 aromatic carbocycles. The molecule has 6 heteroatoms. The summed E-state index contributed by atoms with van der Waals surface area (Å²) < 4.78 is 5.26. The van der Waals surface area contributed by atoms with Crippen molar-refractivity contribution in [2.45, 2.75) is 45.6 Å². The van der Waals surface area contributed by atoms with Gasteiger partial charge in [-0.25, -0.2) is 0 Å². The van der Waals surface area contributed by atoms with E-state index in [1.54, 1.807) is 7.11 Å². The van der Waals surface area contributed by atoms with E-state index >= 15 is 0 Å². The summed E-state index contributed by atoms with van der Waals surface area (Å²) in [5.74, 6) is 1.26. The predicted molar refractivity (Wildman–Crippen MR) is 114 cm³/mol. The van der Waals surface area contributed by atoms with Crippen LogP contribution in [0.15, 0.2) is 24.3 Å². The zero-order chi connectivity index (χ0) is 21.0. The average molecular weight is 402 g/mol. The van der Waals surface area contributed by atoms with Gasteiger partial charge in [0.2, 0.25) is 11.8 Å². The zero-order valence-electron chi connectivity index (χ0n) is 18.3. The van der Waals surface area contributed by atoms with Crippen molar-refractivity contribution in [1.82, 2.24) is 14.7 Å². The van der Waals surface area contributed by atoms with Crippen LogP contribution in [-0.2, 0) is 16.0 Å². The van der Waals surface area contributed by atoms with Gasteiger partial charge in [0.05, 0.1) is 13.5 Å². The fourth-order valence-corrected chi connectivity index (χ4v) is 4.68. The molecule has 0 aliphatic carbocycles. The smallest absolute Gasteiger partial charge is 0.227 e. The molecule has 0 radical (unpaired) electrons. The minimum Gasteiger partial charge on any atom is -0.497 e. The van der Waals surface area contributed by atoms with E-state index in [0.717, 1.165) is 63.4 Å². The second-order valence-electron chi connectivity index (χ2n) is 8.64. The molecule has 1 atom stereocenters. The molecule has 2 aliphatic heterocycles. The van der Waals surface area contributed by atoms with Gasteiger partial charge in [0.1, 0.15) is 5.75 Å². The van der Waals surface area contributed by atoms with Crippen LogP contribution in [0.2, 0.25) is 0 Å². The van der Waals surface area contributed by atoms with Crippen LogP contribution < -0.4 is 4.74 Å². The van der Waals surface area contributed by atoms with Crippen molar-refractivity contribution in [3.05, 3.63) is 29.8 Å². The van der Waals surface area contributed by atoms with Crippen molar-refractivity contribution in [3.8, 4) is 5.75 Å². The molecule has 29 heavy (non-hydrogen) atoms. The van der Waals surface area contributed by atoms with Gasteiger partial charge in [0.15, 0.2) is 0 Å². The summed E-state index contributed by atoms with van der Waals surface area (Å²) in [4.78, 5) is 31.7. The van der Waals surface area contributed by atoms with Crippen molar-refractivity contribution in [3.63, 3.8) is 0 Å². The Bertz CT molecular complexity index is 728. The van der Waals surface area contributed by atoms with Gasteiger partial charge in [-0.2, -0.15) is 0 Å². The van der Waals surface area contributed by atoms with E-state index in [1.165, 1.54) is 0 Å². The first-order valence-corrected chi connectivity index (χ1v) is 10.8. The number of piperazine rings is 1. The largest absolute Gasteiger partial charge is 0.497 e. The Morgan fingerprint density at radius 3 is 2.45 bits per heavy atom. The van der Waals surface area contributed by atoms with E-state index in [0.29, 0.717) is 6.42 Å². The molecule has 2 heterocycles. The molecule has 2 saturated heterocycles. The molecular weight excluding hydrogens is 366 g/mol. The van der Waals surface area contributed by atoms with Crippen molar-refractivity contribution >= 4 is 11.8 Å². The van der Waals surface area contributed by atoms with Crippen LogP contribution in [0.3, 0.4) is 0 Å². The molecule has 0 bridgehead atoms. The van der Waals surface area contributed by atoms with Gasteiger partial charge in [0, 0.05) is 50.7 Å². The molecule has 2 fully saturated rings. The predicted octanol–water partition coefficient (Wildman–Crippen LogP) is 2.42. The lowest BCUT2D eigenvalue weighted by molar-refractivity contribution is -0.134. The molecular formula is C23H35N3O3. The van der Waals surface area contributed by atoms with Crippen LogP contribution in [0.4, 0.5) is 0 Å². The normalized spacial score (nSPS) is 22.9. The van der Waals surface area contributed by atoms with Gasteiger partial charge < -0.3 is 14.5 Å². The quantitative estimate of drug-likeness (QED) is 0.735. The molecule has 0 saturated carbocycles. The Morgan fingerprint density at radius 2 is 1.83 bits per heavy atom. The number of carbonyl (C=O) groups is 2. The Labute approximate surface area is 174 Å². The van der Waals surface area contributed by atoms with Crippen molar-refractivity contribution in [1.29, 1.82) is 0 Å². The van der Waals surface area contributed by atoms with E-state index < -0.39 is 0 Å². The Hall–Kier alpha value is -2.08.